The van der Waals surface area contributed by atoms with Crippen molar-refractivity contribution in [3.8, 4) is 0 Å². The van der Waals surface area contributed by atoms with Crippen molar-refractivity contribution < 1.29 is 22.7 Å². The number of piperidine rings is 1. The predicted octanol–water partition coefficient (Wildman–Crippen LogP) is 1.93. The van der Waals surface area contributed by atoms with Crippen molar-refractivity contribution in [2.75, 3.05) is 20.2 Å². The maximum absolute atomic E-state index is 13.0. The molecule has 27 heavy (non-hydrogen) atoms. The van der Waals surface area contributed by atoms with Crippen molar-refractivity contribution >= 4 is 21.9 Å². The zero-order valence-electron chi connectivity index (χ0n) is 15.5. The molecule has 1 saturated heterocycles. The van der Waals surface area contributed by atoms with Gasteiger partial charge >= 0.3 is 5.97 Å². The van der Waals surface area contributed by atoms with Crippen LogP contribution in [0, 0.1) is 5.92 Å². The van der Waals surface area contributed by atoms with Gasteiger partial charge in [0.1, 0.15) is 0 Å². The van der Waals surface area contributed by atoms with Crippen molar-refractivity contribution in [1.29, 1.82) is 0 Å². The molecule has 1 aliphatic carbocycles. The van der Waals surface area contributed by atoms with Crippen molar-refractivity contribution in [3.05, 3.63) is 29.8 Å². The lowest BCUT2D eigenvalue weighted by Gasteiger charge is -2.31. The van der Waals surface area contributed by atoms with E-state index in [1.54, 1.807) is 12.1 Å². The van der Waals surface area contributed by atoms with E-state index in [0.29, 0.717) is 12.8 Å². The predicted molar refractivity (Wildman–Crippen MR) is 99.7 cm³/mol. The molecule has 1 aromatic carbocycles. The smallest absolute Gasteiger partial charge is 0.339 e. The fraction of sp³-hybridized carbons (Fsp3) is 0.579. The first-order chi connectivity index (χ1) is 12.9. The SMILES string of the molecule is COC(=O)c1ccccc1S(=O)(=O)N1CCC(C(=O)NC2CCCC2)CC1. The highest BCUT2D eigenvalue weighted by atomic mass is 32.2. The number of esters is 1. The summed E-state index contributed by atoms with van der Waals surface area (Å²) in [6.45, 7) is 0.529. The molecule has 2 aliphatic rings. The van der Waals surface area contributed by atoms with Crippen LogP contribution in [0.2, 0.25) is 0 Å². The largest absolute Gasteiger partial charge is 0.465 e. The van der Waals surface area contributed by atoms with Gasteiger partial charge in [0.2, 0.25) is 15.9 Å². The summed E-state index contributed by atoms with van der Waals surface area (Å²) < 4.78 is 32.1. The molecule has 3 rings (SSSR count). The Morgan fingerprint density at radius 3 is 2.33 bits per heavy atom. The highest BCUT2D eigenvalue weighted by Gasteiger charge is 2.34. The molecule has 1 saturated carbocycles. The van der Waals surface area contributed by atoms with Crippen LogP contribution in [0.15, 0.2) is 29.2 Å². The minimum atomic E-state index is -3.82. The van der Waals surface area contributed by atoms with Gasteiger partial charge in [0.05, 0.1) is 17.6 Å². The fourth-order valence-corrected chi connectivity index (χ4v) is 5.51. The molecule has 1 N–H and O–H groups in total. The average molecular weight is 394 g/mol. The first kappa shape index (κ1) is 19.8. The first-order valence-electron chi connectivity index (χ1n) is 9.41. The highest BCUT2D eigenvalue weighted by molar-refractivity contribution is 7.89. The van der Waals surface area contributed by atoms with Gasteiger partial charge in [-0.25, -0.2) is 13.2 Å². The summed E-state index contributed by atoms with van der Waals surface area (Å²) in [5, 5.41) is 3.10. The summed E-state index contributed by atoms with van der Waals surface area (Å²) in [6.07, 6.45) is 5.34. The molecule has 1 heterocycles. The van der Waals surface area contributed by atoms with E-state index >= 15 is 0 Å². The standard InChI is InChI=1S/C19H26N2O5S/c1-26-19(23)16-8-4-5-9-17(16)27(24,25)21-12-10-14(11-13-21)18(22)20-15-6-2-3-7-15/h4-5,8-9,14-15H,2-3,6-7,10-13H2,1H3,(H,20,22). The van der Waals surface area contributed by atoms with Crippen LogP contribution < -0.4 is 5.32 Å². The van der Waals surface area contributed by atoms with Gasteiger partial charge in [-0.3, -0.25) is 4.79 Å². The molecule has 1 amide bonds. The molecule has 0 atom stereocenters. The molecular formula is C19H26N2O5S. The van der Waals surface area contributed by atoms with E-state index in [2.05, 4.69) is 5.32 Å². The second kappa shape index (κ2) is 8.39. The number of carbonyl (C=O) groups excluding carboxylic acids is 2. The number of nitrogens with one attached hydrogen (secondary N) is 1. The van der Waals surface area contributed by atoms with Gasteiger partial charge in [-0.1, -0.05) is 25.0 Å². The molecule has 1 aromatic rings. The molecule has 0 bridgehead atoms. The van der Waals surface area contributed by atoms with Gasteiger partial charge in [-0.2, -0.15) is 4.31 Å². The third kappa shape index (κ3) is 4.32. The number of hydrogen-bond donors (Lipinski definition) is 1. The van der Waals surface area contributed by atoms with E-state index in [-0.39, 0.29) is 41.4 Å². The Balaban J connectivity index is 1.66. The second-order valence-electron chi connectivity index (χ2n) is 7.16. The Hall–Kier alpha value is -1.93. The monoisotopic (exact) mass is 394 g/mol. The van der Waals surface area contributed by atoms with Gasteiger partial charge in [0, 0.05) is 25.0 Å². The number of benzene rings is 1. The minimum absolute atomic E-state index is 0.0288. The molecule has 0 spiro atoms. The van der Waals surface area contributed by atoms with E-state index in [9.17, 15) is 18.0 Å². The Labute approximate surface area is 160 Å². The summed E-state index contributed by atoms with van der Waals surface area (Å²) in [5.74, 6) is -0.804. The van der Waals surface area contributed by atoms with E-state index in [0.717, 1.165) is 25.7 Å². The van der Waals surface area contributed by atoms with Crippen molar-refractivity contribution in [3.63, 3.8) is 0 Å². The zero-order valence-corrected chi connectivity index (χ0v) is 16.3. The molecule has 0 aromatic heterocycles. The Kier molecular flexibility index (Phi) is 6.16. The number of rotatable bonds is 5. The van der Waals surface area contributed by atoms with Crippen LogP contribution in [0.5, 0.6) is 0 Å². The Morgan fingerprint density at radius 1 is 1.07 bits per heavy atom. The van der Waals surface area contributed by atoms with E-state index in [1.165, 1.54) is 23.5 Å². The number of ether oxygens (including phenoxy) is 1. The van der Waals surface area contributed by atoms with Crippen LogP contribution in [0.1, 0.15) is 48.9 Å². The Morgan fingerprint density at radius 2 is 1.70 bits per heavy atom. The zero-order chi connectivity index (χ0) is 19.4. The van der Waals surface area contributed by atoms with Crippen molar-refractivity contribution in [1.82, 2.24) is 9.62 Å². The number of carbonyl (C=O) groups is 2. The lowest BCUT2D eigenvalue weighted by Crippen LogP contribution is -2.45. The van der Waals surface area contributed by atoms with Crippen LogP contribution in [-0.2, 0) is 19.6 Å². The molecule has 7 nitrogen and oxygen atoms in total. The van der Waals surface area contributed by atoms with Crippen LogP contribution in [-0.4, -0.2) is 50.8 Å². The molecular weight excluding hydrogens is 368 g/mol. The van der Waals surface area contributed by atoms with Crippen LogP contribution in [0.25, 0.3) is 0 Å². The molecule has 0 unspecified atom stereocenters. The summed E-state index contributed by atoms with van der Waals surface area (Å²) in [4.78, 5) is 24.3. The maximum Gasteiger partial charge on any atom is 0.339 e. The average Bonchev–Trinajstić information content (AvgIpc) is 3.20. The second-order valence-corrected chi connectivity index (χ2v) is 9.06. The number of hydrogen-bond acceptors (Lipinski definition) is 5. The van der Waals surface area contributed by atoms with Gasteiger partial charge in [-0.15, -0.1) is 0 Å². The number of methoxy groups -OCH3 is 1. The fourth-order valence-electron chi connectivity index (χ4n) is 3.86. The first-order valence-corrected chi connectivity index (χ1v) is 10.9. The lowest BCUT2D eigenvalue weighted by atomic mass is 9.97. The molecule has 1 aliphatic heterocycles. The van der Waals surface area contributed by atoms with Crippen molar-refractivity contribution in [2.45, 2.75) is 49.5 Å². The molecule has 0 radical (unpaired) electrons. The summed E-state index contributed by atoms with van der Waals surface area (Å²) >= 11 is 0. The van der Waals surface area contributed by atoms with Gasteiger partial charge in [-0.05, 0) is 37.8 Å². The minimum Gasteiger partial charge on any atom is -0.465 e. The molecule has 8 heteroatoms. The van der Waals surface area contributed by atoms with Gasteiger partial charge in [0.15, 0.2) is 0 Å². The van der Waals surface area contributed by atoms with E-state index in [1.807, 2.05) is 0 Å². The van der Waals surface area contributed by atoms with Gasteiger partial charge < -0.3 is 10.1 Å². The molecule has 2 fully saturated rings. The number of amides is 1. The Bertz CT molecular complexity index is 794. The third-order valence-electron chi connectivity index (χ3n) is 5.44. The molecule has 148 valence electrons. The quantitative estimate of drug-likeness (QED) is 0.771. The van der Waals surface area contributed by atoms with Crippen LogP contribution in [0.3, 0.4) is 0 Å². The summed E-state index contributed by atoms with van der Waals surface area (Å²) in [6, 6.07) is 6.32. The number of nitrogens with zero attached hydrogens (tertiary/aromatic N) is 1. The topological polar surface area (TPSA) is 92.8 Å². The van der Waals surface area contributed by atoms with E-state index in [4.69, 9.17) is 4.74 Å². The summed E-state index contributed by atoms with van der Waals surface area (Å²) in [5.41, 5.74) is 0.0288. The normalized spacial score (nSPS) is 19.7. The van der Waals surface area contributed by atoms with Gasteiger partial charge in [0.25, 0.3) is 0 Å². The van der Waals surface area contributed by atoms with Crippen LogP contribution >= 0.6 is 0 Å². The third-order valence-corrected chi connectivity index (χ3v) is 7.39. The van der Waals surface area contributed by atoms with E-state index < -0.39 is 16.0 Å². The lowest BCUT2D eigenvalue weighted by molar-refractivity contribution is -0.126. The number of sulfonamides is 1. The van der Waals surface area contributed by atoms with Crippen LogP contribution in [0.4, 0.5) is 0 Å². The maximum atomic E-state index is 13.0. The van der Waals surface area contributed by atoms with Crippen molar-refractivity contribution in [2.24, 2.45) is 5.92 Å². The highest BCUT2D eigenvalue weighted by Crippen LogP contribution is 2.27. The summed E-state index contributed by atoms with van der Waals surface area (Å²) in [7, 11) is -2.60.